The Bertz CT molecular complexity index is 323. The van der Waals surface area contributed by atoms with Gasteiger partial charge in [0.05, 0.1) is 0 Å². The Morgan fingerprint density at radius 1 is 1.50 bits per heavy atom. The highest BCUT2D eigenvalue weighted by molar-refractivity contribution is 6.30. The van der Waals surface area contributed by atoms with E-state index in [1.807, 2.05) is 13.8 Å². The number of nitrogens with two attached hydrogens (primary N) is 1. The van der Waals surface area contributed by atoms with E-state index in [-0.39, 0.29) is 11.4 Å². The Morgan fingerprint density at radius 3 is 2.64 bits per heavy atom. The van der Waals surface area contributed by atoms with Crippen molar-refractivity contribution in [3.63, 3.8) is 0 Å². The van der Waals surface area contributed by atoms with Crippen LogP contribution in [-0.2, 0) is 6.42 Å². The second-order valence-electron chi connectivity index (χ2n) is 3.92. The van der Waals surface area contributed by atoms with E-state index in [0.29, 0.717) is 17.0 Å². The molecule has 0 aliphatic rings. The summed E-state index contributed by atoms with van der Waals surface area (Å²) < 4.78 is 13.4. The number of rotatable bonds is 3. The normalized spacial score (nSPS) is 15.2. The van der Waals surface area contributed by atoms with Crippen LogP contribution in [0.25, 0.3) is 0 Å². The lowest BCUT2D eigenvalue weighted by Gasteiger charge is -2.22. The van der Waals surface area contributed by atoms with E-state index in [9.17, 15) is 4.39 Å². The van der Waals surface area contributed by atoms with Gasteiger partial charge in [0.1, 0.15) is 5.82 Å². The van der Waals surface area contributed by atoms with Crippen molar-refractivity contribution in [3.05, 3.63) is 34.6 Å². The predicted octanol–water partition coefficient (Wildman–Crippen LogP) is 3.15. The van der Waals surface area contributed by atoms with Crippen molar-refractivity contribution in [3.8, 4) is 0 Å². The molecule has 1 aromatic carbocycles. The predicted molar refractivity (Wildman–Crippen MR) is 58.0 cm³/mol. The molecule has 0 aromatic heterocycles. The summed E-state index contributed by atoms with van der Waals surface area (Å²) in [6.45, 7) is 3.91. The first-order valence-electron chi connectivity index (χ1n) is 4.67. The molecule has 1 atom stereocenters. The van der Waals surface area contributed by atoms with Crippen molar-refractivity contribution in [1.29, 1.82) is 0 Å². The molecule has 78 valence electrons. The summed E-state index contributed by atoms with van der Waals surface area (Å²) >= 11 is 5.65. The molecule has 1 nitrogen and oxygen atoms in total. The molecule has 3 heteroatoms. The maximum Gasteiger partial charge on any atom is 0.127 e. The lowest BCUT2D eigenvalue weighted by Crippen LogP contribution is -2.37. The highest BCUT2D eigenvalue weighted by Crippen LogP contribution is 2.19. The maximum absolute atomic E-state index is 13.4. The van der Waals surface area contributed by atoms with Crippen molar-refractivity contribution in [2.24, 2.45) is 5.73 Å². The van der Waals surface area contributed by atoms with Crippen LogP contribution in [0.2, 0.25) is 5.02 Å². The first-order chi connectivity index (χ1) is 6.44. The average Bonchev–Trinajstić information content (AvgIpc) is 2.10. The SMILES string of the molecule is CCC(C)(N)Cc1ccc(Cl)cc1F. The summed E-state index contributed by atoms with van der Waals surface area (Å²) in [5, 5.41) is 0.418. The van der Waals surface area contributed by atoms with Gasteiger partial charge in [0.25, 0.3) is 0 Å². The molecule has 1 rings (SSSR count). The molecule has 1 aromatic rings. The van der Waals surface area contributed by atoms with E-state index in [4.69, 9.17) is 17.3 Å². The molecule has 0 aliphatic heterocycles. The van der Waals surface area contributed by atoms with Gasteiger partial charge in [0.2, 0.25) is 0 Å². The fourth-order valence-electron chi connectivity index (χ4n) is 1.23. The Hall–Kier alpha value is -0.600. The summed E-state index contributed by atoms with van der Waals surface area (Å²) in [4.78, 5) is 0. The molecule has 0 radical (unpaired) electrons. The van der Waals surface area contributed by atoms with Crippen molar-refractivity contribution in [2.45, 2.75) is 32.2 Å². The molecule has 0 saturated heterocycles. The average molecular weight is 216 g/mol. The first kappa shape index (κ1) is 11.5. The highest BCUT2D eigenvalue weighted by atomic mass is 35.5. The van der Waals surface area contributed by atoms with Gasteiger partial charge in [-0.05, 0) is 37.5 Å². The van der Waals surface area contributed by atoms with E-state index >= 15 is 0 Å². The number of hydrogen-bond donors (Lipinski definition) is 1. The number of hydrogen-bond acceptors (Lipinski definition) is 1. The van der Waals surface area contributed by atoms with Crippen LogP contribution in [0.1, 0.15) is 25.8 Å². The third kappa shape index (κ3) is 2.96. The van der Waals surface area contributed by atoms with Gasteiger partial charge >= 0.3 is 0 Å². The fraction of sp³-hybridized carbons (Fsp3) is 0.455. The molecule has 0 heterocycles. The topological polar surface area (TPSA) is 26.0 Å². The highest BCUT2D eigenvalue weighted by Gasteiger charge is 2.18. The van der Waals surface area contributed by atoms with Crippen LogP contribution in [0, 0.1) is 5.82 Å². The minimum atomic E-state index is -0.353. The van der Waals surface area contributed by atoms with Gasteiger partial charge in [-0.3, -0.25) is 0 Å². The maximum atomic E-state index is 13.4. The summed E-state index contributed by atoms with van der Waals surface area (Å²) in [6, 6.07) is 4.70. The Labute approximate surface area is 89.1 Å². The van der Waals surface area contributed by atoms with Crippen LogP contribution in [0.4, 0.5) is 4.39 Å². The molecule has 0 aliphatic carbocycles. The molecule has 2 N–H and O–H groups in total. The third-order valence-corrected chi connectivity index (χ3v) is 2.65. The van der Waals surface area contributed by atoms with E-state index in [2.05, 4.69) is 0 Å². The summed E-state index contributed by atoms with van der Waals surface area (Å²) in [5.41, 5.74) is 6.23. The first-order valence-corrected chi connectivity index (χ1v) is 5.05. The van der Waals surface area contributed by atoms with Gasteiger partial charge in [-0.15, -0.1) is 0 Å². The van der Waals surface area contributed by atoms with E-state index in [1.165, 1.54) is 6.07 Å². The van der Waals surface area contributed by atoms with Crippen molar-refractivity contribution in [2.75, 3.05) is 0 Å². The van der Waals surface area contributed by atoms with Crippen LogP contribution >= 0.6 is 11.6 Å². The fourth-order valence-corrected chi connectivity index (χ4v) is 1.38. The van der Waals surface area contributed by atoms with Crippen LogP contribution in [-0.4, -0.2) is 5.54 Å². The van der Waals surface area contributed by atoms with Gasteiger partial charge in [0.15, 0.2) is 0 Å². The molecule has 0 bridgehead atoms. The summed E-state index contributed by atoms with van der Waals surface area (Å²) in [5.74, 6) is -0.275. The Balaban J connectivity index is 2.87. The minimum absolute atomic E-state index is 0.275. The van der Waals surface area contributed by atoms with E-state index in [0.717, 1.165) is 6.42 Å². The lowest BCUT2D eigenvalue weighted by atomic mass is 9.91. The molecule has 14 heavy (non-hydrogen) atoms. The van der Waals surface area contributed by atoms with Gasteiger partial charge in [-0.25, -0.2) is 4.39 Å². The largest absolute Gasteiger partial charge is 0.325 e. The standard InChI is InChI=1S/C11H15ClFN/c1-3-11(2,14)7-8-4-5-9(12)6-10(8)13/h4-6H,3,7,14H2,1-2H3. The number of halogens is 2. The molecule has 0 saturated carbocycles. The molecular formula is C11H15ClFN. The molecular weight excluding hydrogens is 201 g/mol. The molecule has 0 spiro atoms. The smallest absolute Gasteiger partial charge is 0.127 e. The monoisotopic (exact) mass is 215 g/mol. The zero-order valence-electron chi connectivity index (χ0n) is 8.48. The van der Waals surface area contributed by atoms with E-state index in [1.54, 1.807) is 12.1 Å². The summed E-state index contributed by atoms with van der Waals surface area (Å²) in [6.07, 6.45) is 1.35. The minimum Gasteiger partial charge on any atom is -0.325 e. The van der Waals surface area contributed by atoms with Gasteiger partial charge < -0.3 is 5.73 Å². The van der Waals surface area contributed by atoms with Crippen LogP contribution in [0.5, 0.6) is 0 Å². The molecule has 0 fully saturated rings. The lowest BCUT2D eigenvalue weighted by molar-refractivity contribution is 0.439. The van der Waals surface area contributed by atoms with Gasteiger partial charge in [0, 0.05) is 10.6 Å². The van der Waals surface area contributed by atoms with Crippen LogP contribution in [0.3, 0.4) is 0 Å². The van der Waals surface area contributed by atoms with Gasteiger partial charge in [-0.1, -0.05) is 24.6 Å². The second kappa shape index (κ2) is 4.28. The van der Waals surface area contributed by atoms with Crippen molar-refractivity contribution < 1.29 is 4.39 Å². The molecule has 1 unspecified atom stereocenters. The number of benzene rings is 1. The Kier molecular flexibility index (Phi) is 3.51. The van der Waals surface area contributed by atoms with Crippen molar-refractivity contribution >= 4 is 11.6 Å². The Morgan fingerprint density at radius 2 is 2.14 bits per heavy atom. The van der Waals surface area contributed by atoms with Gasteiger partial charge in [-0.2, -0.15) is 0 Å². The van der Waals surface area contributed by atoms with Crippen molar-refractivity contribution in [1.82, 2.24) is 0 Å². The zero-order valence-corrected chi connectivity index (χ0v) is 9.24. The third-order valence-electron chi connectivity index (χ3n) is 2.42. The van der Waals surface area contributed by atoms with Crippen LogP contribution in [0.15, 0.2) is 18.2 Å². The quantitative estimate of drug-likeness (QED) is 0.824. The molecule has 0 amide bonds. The summed E-state index contributed by atoms with van der Waals surface area (Å²) in [7, 11) is 0. The zero-order chi connectivity index (χ0) is 10.8. The van der Waals surface area contributed by atoms with Crippen LogP contribution < -0.4 is 5.73 Å². The van der Waals surface area contributed by atoms with E-state index < -0.39 is 0 Å². The second-order valence-corrected chi connectivity index (χ2v) is 4.36.